The molecule has 0 radical (unpaired) electrons. The number of aromatic nitrogens is 1. The molecule has 0 aliphatic carbocycles. The topological polar surface area (TPSA) is 50.2 Å². The number of carbonyl (C=O) groups is 1. The highest BCUT2D eigenvalue weighted by atomic mass is 16.4. The Balaban J connectivity index is 2.50. The molecule has 0 amide bonds. The molecule has 3 aromatic rings. The molecule has 0 fully saturated rings. The maximum Gasteiger partial charge on any atom is 0.336 e. The van der Waals surface area contributed by atoms with Crippen molar-refractivity contribution in [2.45, 2.75) is 6.92 Å². The van der Waals surface area contributed by atoms with Crippen molar-refractivity contribution in [1.82, 2.24) is 4.98 Å². The Morgan fingerprint density at radius 1 is 1.11 bits per heavy atom. The van der Waals surface area contributed by atoms with Gasteiger partial charge >= 0.3 is 5.97 Å². The third-order valence-corrected chi connectivity index (χ3v) is 3.12. The first kappa shape index (κ1) is 10.7. The van der Waals surface area contributed by atoms with Crippen LogP contribution in [-0.4, -0.2) is 16.1 Å². The molecule has 0 saturated carbocycles. The molecule has 0 aliphatic heterocycles. The van der Waals surface area contributed by atoms with Crippen molar-refractivity contribution in [3.63, 3.8) is 0 Å². The van der Waals surface area contributed by atoms with E-state index in [0.29, 0.717) is 10.9 Å². The molecule has 1 heterocycles. The zero-order valence-electron chi connectivity index (χ0n) is 9.84. The van der Waals surface area contributed by atoms with Crippen LogP contribution in [0.15, 0.2) is 42.5 Å². The molecule has 2 aromatic carbocycles. The quantitative estimate of drug-likeness (QED) is 0.660. The van der Waals surface area contributed by atoms with E-state index in [9.17, 15) is 9.90 Å². The van der Waals surface area contributed by atoms with Crippen LogP contribution in [0.4, 0.5) is 0 Å². The number of benzene rings is 2. The van der Waals surface area contributed by atoms with Gasteiger partial charge in [-0.2, -0.15) is 0 Å². The molecule has 3 nitrogen and oxygen atoms in total. The molecule has 0 atom stereocenters. The summed E-state index contributed by atoms with van der Waals surface area (Å²) in [6.45, 7) is 1.80. The monoisotopic (exact) mass is 237 g/mol. The van der Waals surface area contributed by atoms with Gasteiger partial charge in [0.25, 0.3) is 0 Å². The lowest BCUT2D eigenvalue weighted by molar-refractivity contribution is 0.0698. The van der Waals surface area contributed by atoms with E-state index in [0.717, 1.165) is 22.0 Å². The Bertz CT molecular complexity index is 778. The highest BCUT2D eigenvalue weighted by molar-refractivity contribution is 6.06. The second kappa shape index (κ2) is 3.81. The maximum atomic E-state index is 11.3. The number of para-hydroxylation sites is 1. The van der Waals surface area contributed by atoms with Crippen molar-refractivity contribution < 1.29 is 9.90 Å². The van der Waals surface area contributed by atoms with Crippen molar-refractivity contribution >= 4 is 27.8 Å². The summed E-state index contributed by atoms with van der Waals surface area (Å²) in [5.74, 6) is -0.907. The first-order chi connectivity index (χ1) is 8.66. The third kappa shape index (κ3) is 1.52. The Morgan fingerprint density at radius 2 is 1.89 bits per heavy atom. The van der Waals surface area contributed by atoms with E-state index in [1.165, 1.54) is 0 Å². The summed E-state index contributed by atoms with van der Waals surface area (Å²) in [5.41, 5.74) is 2.69. The molecule has 0 bridgehead atoms. The second-order valence-electron chi connectivity index (χ2n) is 4.31. The van der Waals surface area contributed by atoms with E-state index < -0.39 is 5.97 Å². The predicted molar refractivity (Wildman–Crippen MR) is 70.9 cm³/mol. The van der Waals surface area contributed by atoms with Crippen molar-refractivity contribution in [2.75, 3.05) is 0 Å². The maximum absolute atomic E-state index is 11.3. The van der Waals surface area contributed by atoms with E-state index in [1.54, 1.807) is 13.0 Å². The summed E-state index contributed by atoms with van der Waals surface area (Å²) >= 11 is 0. The lowest BCUT2D eigenvalue weighted by atomic mass is 10.0. The summed E-state index contributed by atoms with van der Waals surface area (Å²) < 4.78 is 0. The van der Waals surface area contributed by atoms with Crippen LogP contribution in [0.2, 0.25) is 0 Å². The lowest BCUT2D eigenvalue weighted by Crippen LogP contribution is -2.01. The van der Waals surface area contributed by atoms with E-state index >= 15 is 0 Å². The molecule has 3 rings (SSSR count). The molecular weight excluding hydrogens is 226 g/mol. The summed E-state index contributed by atoms with van der Waals surface area (Å²) in [4.78, 5) is 15.8. The molecular formula is C15H11NO2. The van der Waals surface area contributed by atoms with Gasteiger partial charge in [0.05, 0.1) is 16.6 Å². The van der Waals surface area contributed by atoms with E-state index in [-0.39, 0.29) is 0 Å². The number of carboxylic acids is 1. The normalized spacial score (nSPS) is 10.9. The number of aryl methyl sites for hydroxylation is 1. The van der Waals surface area contributed by atoms with Crippen LogP contribution in [0.5, 0.6) is 0 Å². The number of hydrogen-bond donors (Lipinski definition) is 1. The van der Waals surface area contributed by atoms with E-state index in [1.807, 2.05) is 36.4 Å². The van der Waals surface area contributed by atoms with E-state index in [2.05, 4.69) is 4.98 Å². The fraction of sp³-hybridized carbons (Fsp3) is 0.0667. The fourth-order valence-electron chi connectivity index (χ4n) is 2.24. The summed E-state index contributed by atoms with van der Waals surface area (Å²) in [6, 6.07) is 13.3. The van der Waals surface area contributed by atoms with Gasteiger partial charge in [-0.3, -0.25) is 0 Å². The van der Waals surface area contributed by atoms with Gasteiger partial charge in [-0.25, -0.2) is 9.78 Å². The molecule has 0 unspecified atom stereocenters. The van der Waals surface area contributed by atoms with Gasteiger partial charge in [0, 0.05) is 10.8 Å². The van der Waals surface area contributed by atoms with Gasteiger partial charge in [0.1, 0.15) is 0 Å². The molecule has 0 spiro atoms. The minimum absolute atomic E-state index is 0.339. The van der Waals surface area contributed by atoms with Crippen molar-refractivity contribution in [2.24, 2.45) is 0 Å². The number of carboxylic acid groups (broad SMARTS) is 1. The van der Waals surface area contributed by atoms with Gasteiger partial charge in [0.15, 0.2) is 0 Å². The number of nitrogens with zero attached hydrogens (tertiary/aromatic N) is 1. The molecule has 1 N–H and O–H groups in total. The molecule has 3 heteroatoms. The Morgan fingerprint density at radius 3 is 2.67 bits per heavy atom. The second-order valence-corrected chi connectivity index (χ2v) is 4.31. The Labute approximate surface area is 104 Å². The summed E-state index contributed by atoms with van der Waals surface area (Å²) in [5, 5.41) is 11.0. The molecule has 0 aliphatic rings. The zero-order chi connectivity index (χ0) is 12.7. The summed E-state index contributed by atoms with van der Waals surface area (Å²) in [6.07, 6.45) is 0. The number of pyridine rings is 1. The number of rotatable bonds is 1. The van der Waals surface area contributed by atoms with Gasteiger partial charge in [-0.1, -0.05) is 24.3 Å². The van der Waals surface area contributed by atoms with Crippen molar-refractivity contribution in [1.29, 1.82) is 0 Å². The molecule has 88 valence electrons. The van der Waals surface area contributed by atoms with Crippen LogP contribution < -0.4 is 0 Å². The smallest absolute Gasteiger partial charge is 0.336 e. The standard InChI is InChI=1S/C15H11NO2/c1-9-6-7-13-11(14(9)15(17)18)8-10-4-2-3-5-12(10)16-13/h2-8H,1H3,(H,17,18). The van der Waals surface area contributed by atoms with Crippen LogP contribution >= 0.6 is 0 Å². The van der Waals surface area contributed by atoms with E-state index in [4.69, 9.17) is 0 Å². The average Bonchev–Trinajstić information content (AvgIpc) is 2.36. The molecule has 18 heavy (non-hydrogen) atoms. The fourth-order valence-corrected chi connectivity index (χ4v) is 2.24. The average molecular weight is 237 g/mol. The van der Waals surface area contributed by atoms with Crippen molar-refractivity contribution in [3.05, 3.63) is 53.6 Å². The first-order valence-electron chi connectivity index (χ1n) is 5.69. The largest absolute Gasteiger partial charge is 0.478 e. The van der Waals surface area contributed by atoms with Gasteiger partial charge < -0.3 is 5.11 Å². The van der Waals surface area contributed by atoms with Gasteiger partial charge in [-0.15, -0.1) is 0 Å². The van der Waals surface area contributed by atoms with Crippen LogP contribution in [-0.2, 0) is 0 Å². The van der Waals surface area contributed by atoms with Crippen LogP contribution in [0, 0.1) is 6.92 Å². The lowest BCUT2D eigenvalue weighted by Gasteiger charge is -2.07. The van der Waals surface area contributed by atoms with Crippen molar-refractivity contribution in [3.8, 4) is 0 Å². The number of aromatic carboxylic acids is 1. The number of fused-ring (bicyclic) bond motifs is 2. The molecule has 1 aromatic heterocycles. The van der Waals surface area contributed by atoms with Gasteiger partial charge in [-0.05, 0) is 30.7 Å². The highest BCUT2D eigenvalue weighted by Crippen LogP contribution is 2.25. The minimum atomic E-state index is -0.907. The van der Waals surface area contributed by atoms with Crippen LogP contribution in [0.3, 0.4) is 0 Å². The Kier molecular flexibility index (Phi) is 2.27. The number of hydrogen-bond acceptors (Lipinski definition) is 2. The van der Waals surface area contributed by atoms with Crippen LogP contribution in [0.1, 0.15) is 15.9 Å². The Hall–Kier alpha value is -2.42. The third-order valence-electron chi connectivity index (χ3n) is 3.12. The summed E-state index contributed by atoms with van der Waals surface area (Å²) in [7, 11) is 0. The van der Waals surface area contributed by atoms with Gasteiger partial charge in [0.2, 0.25) is 0 Å². The van der Waals surface area contributed by atoms with Crippen LogP contribution in [0.25, 0.3) is 21.8 Å². The SMILES string of the molecule is Cc1ccc2nc3ccccc3cc2c1C(=O)O. The molecule has 0 saturated heterocycles. The highest BCUT2D eigenvalue weighted by Gasteiger charge is 2.13. The zero-order valence-corrected chi connectivity index (χ0v) is 9.84. The first-order valence-corrected chi connectivity index (χ1v) is 5.69. The minimum Gasteiger partial charge on any atom is -0.478 e. The predicted octanol–water partition coefficient (Wildman–Crippen LogP) is 3.39.